The van der Waals surface area contributed by atoms with Crippen molar-refractivity contribution in [3.05, 3.63) is 41.5 Å². The molecular formula is C16H22F2OSi. The van der Waals surface area contributed by atoms with E-state index in [1.54, 1.807) is 24.3 Å². The van der Waals surface area contributed by atoms with Gasteiger partial charge in [-0.15, -0.1) is 0 Å². The Morgan fingerprint density at radius 1 is 1.05 bits per heavy atom. The van der Waals surface area contributed by atoms with Crippen molar-refractivity contribution in [1.82, 2.24) is 0 Å². The van der Waals surface area contributed by atoms with E-state index < -0.39 is 14.2 Å². The maximum Gasteiger partial charge on any atom is 0.270 e. The molecule has 0 N–H and O–H groups in total. The van der Waals surface area contributed by atoms with E-state index in [1.165, 1.54) is 6.92 Å². The fourth-order valence-electron chi connectivity index (χ4n) is 2.79. The summed E-state index contributed by atoms with van der Waals surface area (Å²) in [6, 6.07) is 9.04. The molecule has 0 saturated carbocycles. The maximum absolute atomic E-state index is 13.6. The fraction of sp³-hybridized carbons (Fsp3) is 0.438. The molecule has 110 valence electrons. The quantitative estimate of drug-likeness (QED) is 0.497. The van der Waals surface area contributed by atoms with Crippen LogP contribution in [0, 0.1) is 0 Å². The molecular weight excluding hydrogens is 274 g/mol. The number of ketones is 1. The van der Waals surface area contributed by atoms with Crippen LogP contribution in [0.3, 0.4) is 0 Å². The van der Waals surface area contributed by atoms with Gasteiger partial charge < -0.3 is 0 Å². The first-order valence-electron chi connectivity index (χ1n) is 7.09. The largest absolute Gasteiger partial charge is 0.295 e. The maximum atomic E-state index is 13.6. The summed E-state index contributed by atoms with van der Waals surface area (Å²) in [5.74, 6) is -0.0952. The fourth-order valence-corrected chi connectivity index (χ4v) is 6.52. The molecule has 0 aliphatic heterocycles. The van der Waals surface area contributed by atoms with Gasteiger partial charge in [0.25, 0.3) is 6.08 Å². The van der Waals surface area contributed by atoms with Crippen LogP contribution in [0.4, 0.5) is 8.78 Å². The van der Waals surface area contributed by atoms with Gasteiger partial charge in [0.15, 0.2) is 5.78 Å². The second-order valence-electron chi connectivity index (χ2n) is 5.11. The Labute approximate surface area is 120 Å². The number of carbonyl (C=O) groups is 1. The van der Waals surface area contributed by atoms with Crippen molar-refractivity contribution in [3.63, 3.8) is 0 Å². The minimum absolute atomic E-state index is 0.0952. The molecule has 4 heteroatoms. The Bertz CT molecular complexity index is 507. The third kappa shape index (κ3) is 3.23. The number of hydrogen-bond donors (Lipinski definition) is 0. The number of rotatable bonds is 6. The van der Waals surface area contributed by atoms with Crippen molar-refractivity contribution >= 4 is 19.1 Å². The SMILES string of the molecule is CC[Si](CC)(CC)C(=C(F)F)c1cccc(C(C)=O)c1. The highest BCUT2D eigenvalue weighted by Crippen LogP contribution is 2.38. The van der Waals surface area contributed by atoms with Crippen molar-refractivity contribution < 1.29 is 13.6 Å². The lowest BCUT2D eigenvalue weighted by molar-refractivity contribution is 0.101. The van der Waals surface area contributed by atoms with Crippen LogP contribution in [0.15, 0.2) is 30.3 Å². The van der Waals surface area contributed by atoms with Gasteiger partial charge in [-0.3, -0.25) is 4.79 Å². The topological polar surface area (TPSA) is 17.1 Å². The van der Waals surface area contributed by atoms with Crippen LogP contribution in [-0.4, -0.2) is 13.9 Å². The first-order valence-corrected chi connectivity index (χ1v) is 9.71. The Morgan fingerprint density at radius 2 is 1.55 bits per heavy atom. The van der Waals surface area contributed by atoms with Gasteiger partial charge in [0, 0.05) is 10.8 Å². The minimum Gasteiger partial charge on any atom is -0.295 e. The van der Waals surface area contributed by atoms with E-state index in [4.69, 9.17) is 0 Å². The summed E-state index contributed by atoms with van der Waals surface area (Å²) in [6.07, 6.45) is -1.58. The molecule has 1 rings (SSSR count). The zero-order valence-electron chi connectivity index (χ0n) is 12.6. The lowest BCUT2D eigenvalue weighted by atomic mass is 10.1. The van der Waals surface area contributed by atoms with Crippen LogP contribution in [0.5, 0.6) is 0 Å². The Kier molecular flexibility index (Phi) is 5.81. The third-order valence-electron chi connectivity index (χ3n) is 4.31. The van der Waals surface area contributed by atoms with Crippen molar-refractivity contribution in [3.8, 4) is 0 Å². The number of benzene rings is 1. The van der Waals surface area contributed by atoms with Crippen LogP contribution in [0.25, 0.3) is 5.20 Å². The Hall–Kier alpha value is -1.29. The van der Waals surface area contributed by atoms with Crippen LogP contribution >= 0.6 is 0 Å². The van der Waals surface area contributed by atoms with Gasteiger partial charge in [0.05, 0.1) is 8.07 Å². The van der Waals surface area contributed by atoms with E-state index in [2.05, 4.69) is 0 Å². The van der Waals surface area contributed by atoms with E-state index in [-0.39, 0.29) is 11.0 Å². The van der Waals surface area contributed by atoms with Crippen LogP contribution in [0.1, 0.15) is 43.6 Å². The molecule has 1 aromatic carbocycles. The standard InChI is InChI=1S/C16H22F2OSi/c1-5-20(6-2,7-3)15(16(17)18)14-10-8-9-13(11-14)12(4)19/h8-11H,5-7H2,1-4H3. The van der Waals surface area contributed by atoms with Crippen molar-refractivity contribution in [2.75, 3.05) is 0 Å². The Balaban J connectivity index is 3.47. The van der Waals surface area contributed by atoms with Gasteiger partial charge in [0.1, 0.15) is 0 Å². The number of Topliss-reactive ketones (excluding diaryl/α,β-unsaturated/α-hetero) is 1. The summed E-state index contributed by atoms with van der Waals surface area (Å²) >= 11 is 0. The summed E-state index contributed by atoms with van der Waals surface area (Å²) < 4.78 is 27.2. The first kappa shape index (κ1) is 16.8. The van der Waals surface area contributed by atoms with Crippen molar-refractivity contribution in [2.24, 2.45) is 0 Å². The molecule has 0 unspecified atom stereocenters. The van der Waals surface area contributed by atoms with Gasteiger partial charge in [-0.05, 0) is 18.6 Å². The summed E-state index contributed by atoms with van der Waals surface area (Å²) in [6.45, 7) is 7.45. The van der Waals surface area contributed by atoms with E-state index in [0.29, 0.717) is 11.1 Å². The lowest BCUT2D eigenvalue weighted by Gasteiger charge is -2.30. The number of carbonyl (C=O) groups excluding carboxylic acids is 1. The van der Waals surface area contributed by atoms with Gasteiger partial charge in [-0.25, -0.2) is 0 Å². The van der Waals surface area contributed by atoms with E-state index in [9.17, 15) is 13.6 Å². The molecule has 0 fully saturated rings. The second-order valence-corrected chi connectivity index (χ2v) is 10.3. The molecule has 0 aliphatic rings. The molecule has 0 bridgehead atoms. The molecule has 0 aliphatic carbocycles. The smallest absolute Gasteiger partial charge is 0.270 e. The van der Waals surface area contributed by atoms with Crippen molar-refractivity contribution in [1.29, 1.82) is 0 Å². The molecule has 0 atom stereocenters. The highest BCUT2D eigenvalue weighted by Gasteiger charge is 2.35. The second kappa shape index (κ2) is 6.93. The van der Waals surface area contributed by atoms with Gasteiger partial charge >= 0.3 is 0 Å². The van der Waals surface area contributed by atoms with Gasteiger partial charge in [-0.1, -0.05) is 57.1 Å². The van der Waals surface area contributed by atoms with E-state index in [1.807, 2.05) is 20.8 Å². The molecule has 0 heterocycles. The minimum atomic E-state index is -2.19. The highest BCUT2D eigenvalue weighted by atomic mass is 28.3. The predicted octanol–water partition coefficient (Wildman–Crippen LogP) is 5.54. The third-order valence-corrected chi connectivity index (χ3v) is 9.91. The van der Waals surface area contributed by atoms with Crippen LogP contribution in [-0.2, 0) is 0 Å². The number of halogens is 2. The van der Waals surface area contributed by atoms with E-state index >= 15 is 0 Å². The molecule has 1 nitrogen and oxygen atoms in total. The van der Waals surface area contributed by atoms with Crippen LogP contribution < -0.4 is 0 Å². The zero-order chi connectivity index (χ0) is 15.3. The highest BCUT2D eigenvalue weighted by molar-refractivity contribution is 6.96. The monoisotopic (exact) mass is 296 g/mol. The summed E-state index contributed by atoms with van der Waals surface area (Å²) in [5, 5.41) is 0.230. The summed E-state index contributed by atoms with van der Waals surface area (Å²) in [7, 11) is -2.19. The molecule has 0 radical (unpaired) electrons. The van der Waals surface area contributed by atoms with Crippen LogP contribution in [0.2, 0.25) is 18.1 Å². The first-order chi connectivity index (χ1) is 9.41. The lowest BCUT2D eigenvalue weighted by Crippen LogP contribution is -2.34. The molecule has 0 aromatic heterocycles. The summed E-state index contributed by atoms with van der Waals surface area (Å²) in [4.78, 5) is 11.5. The average molecular weight is 296 g/mol. The zero-order valence-corrected chi connectivity index (χ0v) is 13.6. The normalized spacial score (nSPS) is 11.3. The molecule has 20 heavy (non-hydrogen) atoms. The summed E-state index contributed by atoms with van der Waals surface area (Å²) in [5.41, 5.74) is 1.02. The molecule has 1 aromatic rings. The molecule has 0 spiro atoms. The average Bonchev–Trinajstić information content (AvgIpc) is 2.44. The molecule has 0 amide bonds. The van der Waals surface area contributed by atoms with Gasteiger partial charge in [0.2, 0.25) is 0 Å². The molecule has 0 saturated heterocycles. The van der Waals surface area contributed by atoms with Crippen molar-refractivity contribution in [2.45, 2.75) is 45.8 Å². The van der Waals surface area contributed by atoms with Gasteiger partial charge in [-0.2, -0.15) is 8.78 Å². The predicted molar refractivity (Wildman–Crippen MR) is 82.8 cm³/mol. The Morgan fingerprint density at radius 3 is 1.95 bits per heavy atom. The number of hydrogen-bond acceptors (Lipinski definition) is 1. The van der Waals surface area contributed by atoms with E-state index in [0.717, 1.165) is 18.1 Å².